The predicted octanol–water partition coefficient (Wildman–Crippen LogP) is 1.96. The van der Waals surface area contributed by atoms with E-state index in [1.807, 2.05) is 11.8 Å². The Kier molecular flexibility index (Phi) is 2.06. The quantitative estimate of drug-likeness (QED) is 0.556. The summed E-state index contributed by atoms with van der Waals surface area (Å²) in [5.41, 5.74) is 1.35. The highest BCUT2D eigenvalue weighted by atomic mass is 32.2. The van der Waals surface area contributed by atoms with Crippen LogP contribution in [0.15, 0.2) is 10.6 Å². The van der Waals surface area contributed by atoms with Gasteiger partial charge >= 0.3 is 0 Å². The second-order valence-corrected chi connectivity index (χ2v) is 3.77. The number of rotatable bonds is 0. The van der Waals surface area contributed by atoms with Gasteiger partial charge in [-0.1, -0.05) is 0 Å². The first-order chi connectivity index (χ1) is 4.20. The zero-order chi connectivity index (χ0) is 6.85. The van der Waals surface area contributed by atoms with Crippen LogP contribution in [0.25, 0.3) is 0 Å². The van der Waals surface area contributed by atoms with Gasteiger partial charge in [-0.2, -0.15) is 0 Å². The molecule has 1 aliphatic rings. The van der Waals surface area contributed by atoms with Gasteiger partial charge in [-0.25, -0.2) is 0 Å². The maximum absolute atomic E-state index is 3.39. The van der Waals surface area contributed by atoms with Gasteiger partial charge in [-0.15, -0.1) is 11.8 Å². The van der Waals surface area contributed by atoms with Crippen LogP contribution in [-0.4, -0.2) is 11.8 Å². The van der Waals surface area contributed by atoms with E-state index in [-0.39, 0.29) is 0 Å². The highest BCUT2D eigenvalue weighted by Gasteiger charge is 2.09. The van der Waals surface area contributed by atoms with Crippen molar-refractivity contribution in [3.63, 3.8) is 0 Å². The molecular formula is C7H13NS. The lowest BCUT2D eigenvalue weighted by Crippen LogP contribution is -2.30. The highest BCUT2D eigenvalue weighted by Crippen LogP contribution is 2.22. The molecule has 0 saturated heterocycles. The molecule has 1 N–H and O–H groups in total. The Labute approximate surface area is 60.9 Å². The second kappa shape index (κ2) is 2.65. The first-order valence-electron chi connectivity index (χ1n) is 3.27. The third-order valence-electron chi connectivity index (χ3n) is 1.54. The fraction of sp³-hybridized carbons (Fsp3) is 0.714. The molecule has 0 bridgehead atoms. The molecule has 2 heteroatoms. The maximum Gasteiger partial charge on any atom is 0.0324 e. The normalized spacial score (nSPS) is 28.1. The fourth-order valence-corrected chi connectivity index (χ4v) is 1.73. The van der Waals surface area contributed by atoms with E-state index in [1.54, 1.807) is 0 Å². The van der Waals surface area contributed by atoms with Crippen molar-refractivity contribution >= 4 is 11.8 Å². The van der Waals surface area contributed by atoms with Crippen molar-refractivity contribution in [3.05, 3.63) is 10.6 Å². The number of thioether (sulfide) groups is 1. The fourth-order valence-electron chi connectivity index (χ4n) is 0.871. The minimum absolute atomic E-state index is 0.652. The lowest BCUT2D eigenvalue weighted by atomic mass is 10.3. The first-order valence-corrected chi connectivity index (χ1v) is 4.25. The third-order valence-corrected chi connectivity index (χ3v) is 2.95. The first kappa shape index (κ1) is 7.00. The molecule has 0 aliphatic carbocycles. The summed E-state index contributed by atoms with van der Waals surface area (Å²) in [6.07, 6.45) is 0. The topological polar surface area (TPSA) is 12.0 Å². The van der Waals surface area contributed by atoms with Crippen LogP contribution < -0.4 is 5.32 Å². The van der Waals surface area contributed by atoms with Crippen molar-refractivity contribution in [2.24, 2.45) is 0 Å². The van der Waals surface area contributed by atoms with Gasteiger partial charge in [0, 0.05) is 22.4 Å². The van der Waals surface area contributed by atoms with Crippen LogP contribution in [0.5, 0.6) is 0 Å². The van der Waals surface area contributed by atoms with Crippen molar-refractivity contribution in [2.45, 2.75) is 26.8 Å². The molecule has 9 heavy (non-hydrogen) atoms. The van der Waals surface area contributed by atoms with Gasteiger partial charge in [0.15, 0.2) is 0 Å². The summed E-state index contributed by atoms with van der Waals surface area (Å²) >= 11 is 1.95. The molecule has 0 radical (unpaired) electrons. The van der Waals surface area contributed by atoms with Crippen molar-refractivity contribution < 1.29 is 0 Å². The Morgan fingerprint density at radius 3 is 2.67 bits per heavy atom. The monoisotopic (exact) mass is 143 g/mol. The van der Waals surface area contributed by atoms with Crippen LogP contribution >= 0.6 is 11.8 Å². The second-order valence-electron chi connectivity index (χ2n) is 2.54. The summed E-state index contributed by atoms with van der Waals surface area (Å²) in [4.78, 5) is 1.44. The lowest BCUT2D eigenvalue weighted by molar-refractivity contribution is 0.668. The number of hydrogen-bond donors (Lipinski definition) is 1. The smallest absolute Gasteiger partial charge is 0.0324 e. The zero-order valence-electron chi connectivity index (χ0n) is 6.19. The SMILES string of the molecule is CC1=C(C)SCC(C)N1. The van der Waals surface area contributed by atoms with Crippen LogP contribution in [0.1, 0.15) is 20.8 Å². The van der Waals surface area contributed by atoms with Crippen molar-refractivity contribution in [2.75, 3.05) is 5.75 Å². The molecule has 1 rings (SSSR count). The molecule has 1 unspecified atom stereocenters. The zero-order valence-corrected chi connectivity index (χ0v) is 7.01. The lowest BCUT2D eigenvalue weighted by Gasteiger charge is -2.22. The number of nitrogens with one attached hydrogen (secondary N) is 1. The van der Waals surface area contributed by atoms with Gasteiger partial charge in [0.1, 0.15) is 0 Å². The minimum atomic E-state index is 0.652. The Bertz CT molecular complexity index is 140. The predicted molar refractivity (Wildman–Crippen MR) is 43.4 cm³/mol. The molecule has 0 amide bonds. The van der Waals surface area contributed by atoms with Gasteiger partial charge in [0.2, 0.25) is 0 Å². The van der Waals surface area contributed by atoms with Gasteiger partial charge in [-0.3, -0.25) is 0 Å². The summed E-state index contributed by atoms with van der Waals surface area (Å²) in [5.74, 6) is 1.21. The molecule has 0 saturated carbocycles. The Balaban J connectivity index is 2.61. The Morgan fingerprint density at radius 1 is 1.56 bits per heavy atom. The van der Waals surface area contributed by atoms with Gasteiger partial charge in [0.25, 0.3) is 0 Å². The molecule has 0 spiro atoms. The molecule has 1 nitrogen and oxygen atoms in total. The van der Waals surface area contributed by atoms with E-state index in [9.17, 15) is 0 Å². The molecular weight excluding hydrogens is 130 g/mol. The molecule has 0 aromatic carbocycles. The standard InChI is InChI=1S/C7H13NS/c1-5-4-9-7(3)6(2)8-5/h5,8H,4H2,1-3H3. The van der Waals surface area contributed by atoms with Crippen molar-refractivity contribution in [3.8, 4) is 0 Å². The van der Waals surface area contributed by atoms with E-state index in [0.717, 1.165) is 0 Å². The summed E-state index contributed by atoms with van der Waals surface area (Å²) in [6, 6.07) is 0.652. The molecule has 52 valence electrons. The summed E-state index contributed by atoms with van der Waals surface area (Å²) in [7, 11) is 0. The van der Waals surface area contributed by atoms with Gasteiger partial charge in [0.05, 0.1) is 0 Å². The average Bonchev–Trinajstić information content (AvgIpc) is 1.80. The molecule has 1 aliphatic heterocycles. The largest absolute Gasteiger partial charge is 0.385 e. The number of allylic oxidation sites excluding steroid dienone is 2. The molecule has 0 aromatic heterocycles. The van der Waals surface area contributed by atoms with E-state index in [2.05, 4.69) is 26.1 Å². The molecule has 0 aromatic rings. The molecule has 1 atom stereocenters. The van der Waals surface area contributed by atoms with E-state index in [0.29, 0.717) is 6.04 Å². The van der Waals surface area contributed by atoms with Gasteiger partial charge < -0.3 is 5.32 Å². The van der Waals surface area contributed by atoms with Crippen LogP contribution in [0.2, 0.25) is 0 Å². The highest BCUT2D eigenvalue weighted by molar-refractivity contribution is 8.03. The minimum Gasteiger partial charge on any atom is -0.385 e. The molecule has 0 fully saturated rings. The summed E-state index contributed by atoms with van der Waals surface area (Å²) < 4.78 is 0. The number of hydrogen-bond acceptors (Lipinski definition) is 2. The van der Waals surface area contributed by atoms with Gasteiger partial charge in [-0.05, 0) is 20.8 Å². The van der Waals surface area contributed by atoms with E-state index >= 15 is 0 Å². The van der Waals surface area contributed by atoms with E-state index < -0.39 is 0 Å². The maximum atomic E-state index is 3.39. The van der Waals surface area contributed by atoms with Crippen LogP contribution in [0.4, 0.5) is 0 Å². The average molecular weight is 143 g/mol. The Morgan fingerprint density at radius 2 is 2.22 bits per heavy atom. The van der Waals surface area contributed by atoms with E-state index in [1.165, 1.54) is 16.4 Å². The third kappa shape index (κ3) is 1.65. The van der Waals surface area contributed by atoms with Crippen molar-refractivity contribution in [1.82, 2.24) is 5.32 Å². The Hall–Kier alpha value is -0.110. The van der Waals surface area contributed by atoms with Crippen molar-refractivity contribution in [1.29, 1.82) is 0 Å². The van der Waals surface area contributed by atoms with Crippen LogP contribution in [-0.2, 0) is 0 Å². The van der Waals surface area contributed by atoms with Crippen LogP contribution in [0, 0.1) is 0 Å². The summed E-state index contributed by atoms with van der Waals surface area (Å²) in [6.45, 7) is 6.51. The molecule has 1 heterocycles. The van der Waals surface area contributed by atoms with E-state index in [4.69, 9.17) is 0 Å². The van der Waals surface area contributed by atoms with Crippen LogP contribution in [0.3, 0.4) is 0 Å². The summed E-state index contributed by atoms with van der Waals surface area (Å²) in [5, 5.41) is 3.39.